The summed E-state index contributed by atoms with van der Waals surface area (Å²) >= 11 is 0. The van der Waals surface area contributed by atoms with Gasteiger partial charge in [0, 0.05) is 11.1 Å². The number of aliphatic hydroxyl groups excluding tert-OH is 1. The van der Waals surface area contributed by atoms with Crippen molar-refractivity contribution in [2.75, 3.05) is 7.11 Å². The van der Waals surface area contributed by atoms with Crippen LogP contribution in [0.4, 0.5) is 8.78 Å². The van der Waals surface area contributed by atoms with Gasteiger partial charge in [0.2, 0.25) is 0 Å². The zero-order valence-electron chi connectivity index (χ0n) is 8.91. The molecule has 0 aliphatic rings. The molecule has 0 aliphatic carbocycles. The maximum absolute atomic E-state index is 12.6. The van der Waals surface area contributed by atoms with E-state index < -0.39 is 24.6 Å². The molecular weight excluding hydrogens is 232 g/mol. The number of ether oxygens (including phenoxy) is 1. The summed E-state index contributed by atoms with van der Waals surface area (Å²) in [7, 11) is 1.11. The molecule has 0 atom stereocenters. The molecule has 0 fully saturated rings. The lowest BCUT2D eigenvalue weighted by molar-refractivity contribution is 0.0599. The molecule has 0 amide bonds. The van der Waals surface area contributed by atoms with Crippen LogP contribution in [0.1, 0.15) is 33.5 Å². The lowest BCUT2D eigenvalue weighted by Crippen LogP contribution is -2.09. The summed E-state index contributed by atoms with van der Waals surface area (Å²) in [5.41, 5.74) is -1.12. The summed E-state index contributed by atoms with van der Waals surface area (Å²) in [6.07, 6.45) is -2.82. The molecule has 0 spiro atoms. The Balaban J connectivity index is 3.50. The predicted octanol–water partition coefficient (Wildman–Crippen LogP) is 1.77. The summed E-state index contributed by atoms with van der Waals surface area (Å²) in [6.45, 7) is -0.743. The molecule has 1 aromatic carbocycles. The molecular formula is C11H9F2NO3. The number of aliphatic hydroxyl groups is 1. The lowest BCUT2D eigenvalue weighted by atomic mass is 9.97. The van der Waals surface area contributed by atoms with E-state index in [1.807, 2.05) is 0 Å². The highest BCUT2D eigenvalue weighted by Crippen LogP contribution is 2.27. The first-order valence-electron chi connectivity index (χ1n) is 4.60. The van der Waals surface area contributed by atoms with E-state index in [-0.39, 0.29) is 16.7 Å². The second-order valence-electron chi connectivity index (χ2n) is 3.12. The van der Waals surface area contributed by atoms with Crippen LogP contribution in [0.2, 0.25) is 0 Å². The van der Waals surface area contributed by atoms with Gasteiger partial charge in [0.25, 0.3) is 6.43 Å². The Kier molecular flexibility index (Phi) is 4.12. The number of methoxy groups -OCH3 is 1. The van der Waals surface area contributed by atoms with Crippen molar-refractivity contribution >= 4 is 5.97 Å². The molecule has 0 saturated heterocycles. The van der Waals surface area contributed by atoms with Crippen molar-refractivity contribution < 1.29 is 23.4 Å². The standard InChI is InChI=1S/C11H9F2NO3/c1-17-11(16)7-3-2-6(10(12)13)9(5-15)8(7)4-14/h2-3,10,15H,5H2,1H3. The van der Waals surface area contributed by atoms with Crippen molar-refractivity contribution in [3.8, 4) is 6.07 Å². The molecule has 17 heavy (non-hydrogen) atoms. The molecule has 6 heteroatoms. The molecule has 0 saturated carbocycles. The van der Waals surface area contributed by atoms with Gasteiger partial charge in [0.1, 0.15) is 6.07 Å². The van der Waals surface area contributed by atoms with E-state index in [1.54, 1.807) is 6.07 Å². The molecule has 90 valence electrons. The lowest BCUT2D eigenvalue weighted by Gasteiger charge is -2.11. The zero-order chi connectivity index (χ0) is 13.0. The molecule has 1 rings (SSSR count). The van der Waals surface area contributed by atoms with Crippen LogP contribution >= 0.6 is 0 Å². The summed E-state index contributed by atoms with van der Waals surface area (Å²) < 4.78 is 29.6. The zero-order valence-corrected chi connectivity index (χ0v) is 8.91. The van der Waals surface area contributed by atoms with Gasteiger partial charge in [-0.3, -0.25) is 0 Å². The quantitative estimate of drug-likeness (QED) is 0.819. The van der Waals surface area contributed by atoms with Crippen molar-refractivity contribution in [1.29, 1.82) is 5.26 Å². The first-order valence-corrected chi connectivity index (χ1v) is 4.60. The minimum atomic E-state index is -2.82. The van der Waals surface area contributed by atoms with Crippen molar-refractivity contribution in [2.24, 2.45) is 0 Å². The van der Waals surface area contributed by atoms with E-state index in [0.717, 1.165) is 19.2 Å². The second kappa shape index (κ2) is 5.37. The van der Waals surface area contributed by atoms with E-state index >= 15 is 0 Å². The topological polar surface area (TPSA) is 70.3 Å². The van der Waals surface area contributed by atoms with Crippen molar-refractivity contribution in [3.63, 3.8) is 0 Å². The van der Waals surface area contributed by atoms with Crippen LogP contribution in [0.25, 0.3) is 0 Å². The highest BCUT2D eigenvalue weighted by Gasteiger charge is 2.21. The Morgan fingerprint density at radius 1 is 1.59 bits per heavy atom. The third-order valence-electron chi connectivity index (χ3n) is 2.26. The highest BCUT2D eigenvalue weighted by atomic mass is 19.3. The van der Waals surface area contributed by atoms with Gasteiger partial charge in [-0.25, -0.2) is 13.6 Å². The largest absolute Gasteiger partial charge is 0.465 e. The summed E-state index contributed by atoms with van der Waals surface area (Å²) in [4.78, 5) is 11.3. The van der Waals surface area contributed by atoms with Crippen molar-refractivity contribution in [2.45, 2.75) is 13.0 Å². The molecule has 1 N–H and O–H groups in total. The maximum Gasteiger partial charge on any atom is 0.339 e. The number of nitrogens with zero attached hydrogens (tertiary/aromatic N) is 1. The summed E-state index contributed by atoms with van der Waals surface area (Å²) in [5, 5.41) is 17.9. The molecule has 1 aromatic rings. The minimum absolute atomic E-state index is 0.136. The maximum atomic E-state index is 12.6. The molecule has 0 unspecified atom stereocenters. The van der Waals surface area contributed by atoms with Crippen LogP contribution in [0.15, 0.2) is 12.1 Å². The fourth-order valence-electron chi connectivity index (χ4n) is 1.45. The van der Waals surface area contributed by atoms with E-state index in [4.69, 9.17) is 10.4 Å². The number of alkyl halides is 2. The van der Waals surface area contributed by atoms with E-state index in [2.05, 4.69) is 4.74 Å². The smallest absolute Gasteiger partial charge is 0.339 e. The number of carbonyl (C=O) groups excluding carboxylic acids is 1. The van der Waals surface area contributed by atoms with Crippen molar-refractivity contribution in [1.82, 2.24) is 0 Å². The number of halogens is 2. The van der Waals surface area contributed by atoms with Gasteiger partial charge in [-0.2, -0.15) is 5.26 Å². The number of benzene rings is 1. The fourth-order valence-corrected chi connectivity index (χ4v) is 1.45. The Labute approximate surface area is 96.0 Å². The molecule has 0 heterocycles. The number of nitriles is 1. The van der Waals surface area contributed by atoms with Gasteiger partial charge in [-0.1, -0.05) is 6.07 Å². The van der Waals surface area contributed by atoms with Crippen LogP contribution in [0.5, 0.6) is 0 Å². The van der Waals surface area contributed by atoms with Gasteiger partial charge in [0.15, 0.2) is 0 Å². The van der Waals surface area contributed by atoms with E-state index in [0.29, 0.717) is 0 Å². The first kappa shape index (κ1) is 13.1. The van der Waals surface area contributed by atoms with Gasteiger partial charge >= 0.3 is 5.97 Å². The third kappa shape index (κ3) is 2.40. The predicted molar refractivity (Wildman–Crippen MR) is 53.4 cm³/mol. The Morgan fingerprint density at radius 3 is 2.65 bits per heavy atom. The Bertz CT molecular complexity index is 480. The van der Waals surface area contributed by atoms with Gasteiger partial charge in [0.05, 0.1) is 24.8 Å². The molecule has 0 bridgehead atoms. The average molecular weight is 241 g/mol. The van der Waals surface area contributed by atoms with E-state index in [1.165, 1.54) is 0 Å². The number of rotatable bonds is 3. The average Bonchev–Trinajstić information content (AvgIpc) is 2.35. The van der Waals surface area contributed by atoms with Crippen LogP contribution in [0.3, 0.4) is 0 Å². The highest BCUT2D eigenvalue weighted by molar-refractivity contribution is 5.92. The number of hydrogen-bond acceptors (Lipinski definition) is 4. The van der Waals surface area contributed by atoms with Crippen LogP contribution < -0.4 is 0 Å². The first-order chi connectivity index (χ1) is 8.06. The Morgan fingerprint density at radius 2 is 2.24 bits per heavy atom. The van der Waals surface area contributed by atoms with Crippen LogP contribution in [0, 0.1) is 11.3 Å². The Hall–Kier alpha value is -2.00. The van der Waals surface area contributed by atoms with Gasteiger partial charge in [-0.15, -0.1) is 0 Å². The monoisotopic (exact) mass is 241 g/mol. The van der Waals surface area contributed by atoms with Crippen LogP contribution in [-0.2, 0) is 11.3 Å². The third-order valence-corrected chi connectivity index (χ3v) is 2.26. The number of carbonyl (C=O) groups is 1. The molecule has 4 nitrogen and oxygen atoms in total. The number of esters is 1. The van der Waals surface area contributed by atoms with Gasteiger partial charge in [-0.05, 0) is 6.07 Å². The second-order valence-corrected chi connectivity index (χ2v) is 3.12. The summed E-state index contributed by atoms with van der Waals surface area (Å²) in [6, 6.07) is 3.72. The van der Waals surface area contributed by atoms with Crippen molar-refractivity contribution in [3.05, 3.63) is 34.4 Å². The molecule has 0 aliphatic heterocycles. The SMILES string of the molecule is COC(=O)c1ccc(C(F)F)c(CO)c1C#N. The summed E-state index contributed by atoms with van der Waals surface area (Å²) in [5.74, 6) is -0.808. The minimum Gasteiger partial charge on any atom is -0.465 e. The normalized spacial score (nSPS) is 10.1. The fraction of sp³-hybridized carbons (Fsp3) is 0.273. The molecule has 0 aromatic heterocycles. The van der Waals surface area contributed by atoms with E-state index in [9.17, 15) is 13.6 Å². The van der Waals surface area contributed by atoms with Crippen LogP contribution in [-0.4, -0.2) is 18.2 Å². The van der Waals surface area contributed by atoms with Gasteiger partial charge < -0.3 is 9.84 Å². The molecule has 0 radical (unpaired) electrons. The number of hydrogen-bond donors (Lipinski definition) is 1.